The van der Waals surface area contributed by atoms with Gasteiger partial charge in [-0.1, -0.05) is 12.5 Å². The maximum absolute atomic E-state index is 12.3. The highest BCUT2D eigenvalue weighted by atomic mass is 19.4. The highest BCUT2D eigenvalue weighted by molar-refractivity contribution is 5.76. The minimum atomic E-state index is -4.21. The van der Waals surface area contributed by atoms with Crippen molar-refractivity contribution < 1.29 is 13.2 Å². The topological polar surface area (TPSA) is 39.8 Å². The van der Waals surface area contributed by atoms with Crippen molar-refractivity contribution in [1.82, 2.24) is 14.1 Å². The Morgan fingerprint density at radius 2 is 1.92 bits per heavy atom. The fraction of sp³-hybridized carbons (Fsp3) is 0.529. The van der Waals surface area contributed by atoms with Crippen molar-refractivity contribution in [3.63, 3.8) is 0 Å². The maximum atomic E-state index is 12.3. The summed E-state index contributed by atoms with van der Waals surface area (Å²) in [5.41, 5.74) is 3.76. The summed E-state index contributed by atoms with van der Waals surface area (Å²) < 4.78 is 39.7. The molecule has 2 rings (SSSR count). The standard InChI is InChI=1S/C17H22F3N3O/c1-5-11(2)12(3)13-7-8-14-15(21-13)22(4)16(24)23(14)10-6-9-17(18,19)20/h7-8H,5-6,9-10H2,1-4H3. The molecule has 0 aliphatic heterocycles. The van der Waals surface area contributed by atoms with Crippen LogP contribution in [0.25, 0.3) is 16.7 Å². The Morgan fingerprint density at radius 3 is 2.50 bits per heavy atom. The van der Waals surface area contributed by atoms with Crippen LogP contribution in [0.2, 0.25) is 0 Å². The van der Waals surface area contributed by atoms with Crippen LogP contribution >= 0.6 is 0 Å². The minimum absolute atomic E-state index is 0.0273. The number of imidazole rings is 1. The Morgan fingerprint density at radius 1 is 1.25 bits per heavy atom. The van der Waals surface area contributed by atoms with Gasteiger partial charge in [0.05, 0.1) is 11.2 Å². The predicted molar refractivity (Wildman–Crippen MR) is 88.8 cm³/mol. The van der Waals surface area contributed by atoms with E-state index in [0.29, 0.717) is 11.2 Å². The summed E-state index contributed by atoms with van der Waals surface area (Å²) in [5, 5.41) is 0. The van der Waals surface area contributed by atoms with E-state index in [2.05, 4.69) is 11.9 Å². The summed E-state index contributed by atoms with van der Waals surface area (Å²) in [6.45, 7) is 6.09. The first-order valence-electron chi connectivity index (χ1n) is 7.95. The van der Waals surface area contributed by atoms with Crippen molar-refractivity contribution in [2.24, 2.45) is 7.05 Å². The molecule has 0 aromatic carbocycles. The molecule has 0 fully saturated rings. The molecule has 0 N–H and O–H groups in total. The molecule has 0 saturated carbocycles. The molecule has 7 heteroatoms. The molecule has 2 aromatic rings. The molecular formula is C17H22F3N3O. The molecular weight excluding hydrogens is 319 g/mol. The molecule has 0 atom stereocenters. The largest absolute Gasteiger partial charge is 0.389 e. The SMILES string of the molecule is CCC(C)=C(C)c1ccc2c(n1)n(C)c(=O)n2CCCC(F)(F)F. The summed E-state index contributed by atoms with van der Waals surface area (Å²) in [6, 6.07) is 3.58. The van der Waals surface area contributed by atoms with Crippen molar-refractivity contribution in [1.29, 1.82) is 0 Å². The molecule has 132 valence electrons. The second kappa shape index (κ2) is 6.83. The molecule has 0 aliphatic rings. The molecule has 24 heavy (non-hydrogen) atoms. The van der Waals surface area contributed by atoms with Gasteiger partial charge in [-0.2, -0.15) is 13.2 Å². The number of allylic oxidation sites excluding steroid dienone is 2. The van der Waals surface area contributed by atoms with Crippen LogP contribution in [-0.2, 0) is 13.6 Å². The van der Waals surface area contributed by atoms with Gasteiger partial charge in [-0.05, 0) is 44.4 Å². The third-order valence-corrected chi connectivity index (χ3v) is 4.38. The summed E-state index contributed by atoms with van der Waals surface area (Å²) in [7, 11) is 1.59. The number of rotatable bonds is 5. The Balaban J connectivity index is 2.42. The van der Waals surface area contributed by atoms with Gasteiger partial charge in [0.2, 0.25) is 0 Å². The van der Waals surface area contributed by atoms with Crippen LogP contribution in [0.4, 0.5) is 13.2 Å². The fourth-order valence-electron chi connectivity index (χ4n) is 2.62. The summed E-state index contributed by atoms with van der Waals surface area (Å²) in [4.78, 5) is 16.9. The van der Waals surface area contributed by atoms with Gasteiger partial charge in [0, 0.05) is 20.0 Å². The van der Waals surface area contributed by atoms with Crippen molar-refractivity contribution in [2.45, 2.75) is 52.8 Å². The molecule has 0 radical (unpaired) electrons. The lowest BCUT2D eigenvalue weighted by molar-refractivity contribution is -0.135. The lowest BCUT2D eigenvalue weighted by atomic mass is 10.1. The van der Waals surface area contributed by atoms with Gasteiger partial charge in [0.25, 0.3) is 0 Å². The number of pyridine rings is 1. The van der Waals surface area contributed by atoms with Crippen LogP contribution in [0, 0.1) is 0 Å². The van der Waals surface area contributed by atoms with E-state index < -0.39 is 12.6 Å². The number of halogens is 3. The average molecular weight is 341 g/mol. The van der Waals surface area contributed by atoms with Gasteiger partial charge in [0.1, 0.15) is 0 Å². The van der Waals surface area contributed by atoms with E-state index in [9.17, 15) is 18.0 Å². The van der Waals surface area contributed by atoms with Crippen LogP contribution in [0.3, 0.4) is 0 Å². The molecule has 0 aliphatic carbocycles. The quantitative estimate of drug-likeness (QED) is 0.814. The van der Waals surface area contributed by atoms with Crippen LogP contribution in [0.5, 0.6) is 0 Å². The molecule has 2 heterocycles. The molecule has 0 unspecified atom stereocenters. The second-order valence-electron chi connectivity index (χ2n) is 6.01. The first kappa shape index (κ1) is 18.3. The van der Waals surface area contributed by atoms with Crippen molar-refractivity contribution in [2.75, 3.05) is 0 Å². The third-order valence-electron chi connectivity index (χ3n) is 4.38. The maximum Gasteiger partial charge on any atom is 0.389 e. The van der Waals surface area contributed by atoms with E-state index in [1.54, 1.807) is 13.1 Å². The third kappa shape index (κ3) is 3.71. The number of aromatic nitrogens is 3. The highest BCUT2D eigenvalue weighted by Crippen LogP contribution is 2.23. The van der Waals surface area contributed by atoms with E-state index in [1.165, 1.54) is 14.7 Å². The van der Waals surface area contributed by atoms with Gasteiger partial charge in [-0.25, -0.2) is 9.78 Å². The Hall–Kier alpha value is -2.05. The number of nitrogens with zero attached hydrogens (tertiary/aromatic N) is 3. The van der Waals surface area contributed by atoms with Gasteiger partial charge in [0.15, 0.2) is 5.65 Å². The number of hydrogen-bond acceptors (Lipinski definition) is 2. The lowest BCUT2D eigenvalue weighted by Crippen LogP contribution is -2.23. The summed E-state index contributed by atoms with van der Waals surface area (Å²) >= 11 is 0. The number of fused-ring (bicyclic) bond motifs is 1. The molecule has 0 bridgehead atoms. The van der Waals surface area contributed by atoms with E-state index in [4.69, 9.17) is 0 Å². The van der Waals surface area contributed by atoms with Crippen LogP contribution < -0.4 is 5.69 Å². The zero-order chi connectivity index (χ0) is 18.1. The summed E-state index contributed by atoms with van der Waals surface area (Å²) in [6.07, 6.45) is -4.33. The zero-order valence-corrected chi connectivity index (χ0v) is 14.4. The number of hydrogen-bond donors (Lipinski definition) is 0. The molecule has 0 saturated heterocycles. The second-order valence-corrected chi connectivity index (χ2v) is 6.01. The predicted octanol–water partition coefficient (Wildman–Crippen LogP) is 4.28. The van der Waals surface area contributed by atoms with Crippen molar-refractivity contribution in [3.8, 4) is 0 Å². The smallest absolute Gasteiger partial charge is 0.290 e. The number of alkyl halides is 3. The fourth-order valence-corrected chi connectivity index (χ4v) is 2.62. The van der Waals surface area contributed by atoms with Gasteiger partial charge >= 0.3 is 11.9 Å². The Kier molecular flexibility index (Phi) is 5.20. The van der Waals surface area contributed by atoms with E-state index in [1.807, 2.05) is 19.9 Å². The molecule has 0 amide bonds. The van der Waals surface area contributed by atoms with E-state index >= 15 is 0 Å². The van der Waals surface area contributed by atoms with Crippen LogP contribution in [0.1, 0.15) is 45.7 Å². The molecule has 0 spiro atoms. The first-order valence-corrected chi connectivity index (χ1v) is 7.95. The normalized spacial score (nSPS) is 13.5. The van der Waals surface area contributed by atoms with Gasteiger partial charge < -0.3 is 0 Å². The van der Waals surface area contributed by atoms with Gasteiger partial charge in [-0.3, -0.25) is 9.13 Å². The van der Waals surface area contributed by atoms with E-state index in [-0.39, 0.29) is 18.7 Å². The average Bonchev–Trinajstić information content (AvgIpc) is 2.76. The Labute approximate surface area is 138 Å². The van der Waals surface area contributed by atoms with Crippen molar-refractivity contribution >= 4 is 16.7 Å². The van der Waals surface area contributed by atoms with Gasteiger partial charge in [-0.15, -0.1) is 0 Å². The zero-order valence-electron chi connectivity index (χ0n) is 14.4. The lowest BCUT2D eigenvalue weighted by Gasteiger charge is -2.08. The first-order chi connectivity index (χ1) is 11.2. The highest BCUT2D eigenvalue weighted by Gasteiger charge is 2.26. The minimum Gasteiger partial charge on any atom is -0.290 e. The van der Waals surface area contributed by atoms with E-state index in [0.717, 1.165) is 17.7 Å². The monoisotopic (exact) mass is 341 g/mol. The molecule has 2 aromatic heterocycles. The Bertz CT molecular complexity index is 828. The van der Waals surface area contributed by atoms with Crippen LogP contribution in [-0.4, -0.2) is 20.3 Å². The number of aryl methyl sites for hydroxylation is 2. The summed E-state index contributed by atoms with van der Waals surface area (Å²) in [5.74, 6) is 0. The van der Waals surface area contributed by atoms with Crippen molar-refractivity contribution in [3.05, 3.63) is 33.9 Å². The molecule has 4 nitrogen and oxygen atoms in total. The van der Waals surface area contributed by atoms with Crippen LogP contribution in [0.15, 0.2) is 22.5 Å².